The Morgan fingerprint density at radius 1 is 1.28 bits per heavy atom. The molecule has 0 bridgehead atoms. The van der Waals surface area contributed by atoms with E-state index in [4.69, 9.17) is 4.74 Å². The Hall–Kier alpha value is -1.02. The third kappa shape index (κ3) is 4.02. The summed E-state index contributed by atoms with van der Waals surface area (Å²) in [4.78, 5) is 0. The Bertz CT molecular complexity index is 373. The van der Waals surface area contributed by atoms with Crippen molar-refractivity contribution in [2.45, 2.75) is 52.0 Å². The molecule has 2 nitrogen and oxygen atoms in total. The second-order valence-corrected chi connectivity index (χ2v) is 5.46. The number of fused-ring (bicyclic) bond motifs is 1. The van der Waals surface area contributed by atoms with Gasteiger partial charge in [-0.25, -0.2) is 0 Å². The summed E-state index contributed by atoms with van der Waals surface area (Å²) in [5, 5.41) is 3.46. The molecule has 18 heavy (non-hydrogen) atoms. The van der Waals surface area contributed by atoms with E-state index in [9.17, 15) is 0 Å². The molecular formula is C16H25NO. The van der Waals surface area contributed by atoms with Crippen molar-refractivity contribution in [2.75, 3.05) is 13.2 Å². The Kier molecular flexibility index (Phi) is 5.06. The normalized spacial score (nSPS) is 14.4. The van der Waals surface area contributed by atoms with Gasteiger partial charge in [-0.3, -0.25) is 0 Å². The van der Waals surface area contributed by atoms with Crippen LogP contribution >= 0.6 is 0 Å². The quantitative estimate of drug-likeness (QED) is 0.779. The maximum absolute atomic E-state index is 5.64. The van der Waals surface area contributed by atoms with E-state index in [1.165, 1.54) is 36.8 Å². The smallest absolute Gasteiger partial charge is 0.122 e. The molecule has 1 heterocycles. The topological polar surface area (TPSA) is 21.3 Å². The minimum Gasteiger partial charge on any atom is -0.493 e. The monoisotopic (exact) mass is 247 g/mol. The first-order valence-corrected chi connectivity index (χ1v) is 7.23. The minimum atomic E-state index is 0.603. The third-order valence-corrected chi connectivity index (χ3v) is 3.42. The highest BCUT2D eigenvalue weighted by molar-refractivity contribution is 5.38. The first-order valence-electron chi connectivity index (χ1n) is 7.23. The Morgan fingerprint density at radius 2 is 2.17 bits per heavy atom. The minimum absolute atomic E-state index is 0.603. The van der Waals surface area contributed by atoms with Crippen LogP contribution in [0.5, 0.6) is 5.75 Å². The van der Waals surface area contributed by atoms with Gasteiger partial charge in [-0.15, -0.1) is 0 Å². The molecule has 0 amide bonds. The summed E-state index contributed by atoms with van der Waals surface area (Å²) in [6.07, 6.45) is 6.05. The van der Waals surface area contributed by atoms with Gasteiger partial charge in [0.05, 0.1) is 6.61 Å². The average molecular weight is 247 g/mol. The number of aryl methyl sites for hydroxylation is 2. The van der Waals surface area contributed by atoms with Crippen molar-refractivity contribution < 1.29 is 4.74 Å². The zero-order valence-corrected chi connectivity index (χ0v) is 11.7. The average Bonchev–Trinajstić information content (AvgIpc) is 2.38. The van der Waals surface area contributed by atoms with Gasteiger partial charge < -0.3 is 10.1 Å². The summed E-state index contributed by atoms with van der Waals surface area (Å²) in [5.74, 6) is 1.10. The number of ether oxygens (including phenoxy) is 1. The number of benzene rings is 1. The zero-order chi connectivity index (χ0) is 12.8. The summed E-state index contributed by atoms with van der Waals surface area (Å²) >= 11 is 0. The summed E-state index contributed by atoms with van der Waals surface area (Å²) in [5.41, 5.74) is 2.86. The molecule has 0 atom stereocenters. The van der Waals surface area contributed by atoms with E-state index in [1.54, 1.807) is 0 Å². The van der Waals surface area contributed by atoms with E-state index < -0.39 is 0 Å². The van der Waals surface area contributed by atoms with E-state index in [0.29, 0.717) is 6.04 Å². The van der Waals surface area contributed by atoms with Gasteiger partial charge in [0.25, 0.3) is 0 Å². The van der Waals surface area contributed by atoms with Crippen LogP contribution in [0.2, 0.25) is 0 Å². The van der Waals surface area contributed by atoms with Gasteiger partial charge in [0, 0.05) is 6.04 Å². The Labute approximate surface area is 111 Å². The number of nitrogens with one attached hydrogen (secondary N) is 1. The summed E-state index contributed by atoms with van der Waals surface area (Å²) in [6, 6.07) is 7.31. The van der Waals surface area contributed by atoms with Crippen LogP contribution in [0.15, 0.2) is 18.2 Å². The fourth-order valence-electron chi connectivity index (χ4n) is 2.41. The van der Waals surface area contributed by atoms with Gasteiger partial charge in [0.2, 0.25) is 0 Å². The van der Waals surface area contributed by atoms with Gasteiger partial charge in [-0.05, 0) is 55.8 Å². The van der Waals surface area contributed by atoms with E-state index in [2.05, 4.69) is 37.4 Å². The molecule has 0 unspecified atom stereocenters. The zero-order valence-electron chi connectivity index (χ0n) is 11.7. The fraction of sp³-hybridized carbons (Fsp3) is 0.625. The largest absolute Gasteiger partial charge is 0.493 e. The van der Waals surface area contributed by atoms with Gasteiger partial charge in [0.1, 0.15) is 5.75 Å². The van der Waals surface area contributed by atoms with Crippen molar-refractivity contribution in [2.24, 2.45) is 0 Å². The van der Waals surface area contributed by atoms with Crippen LogP contribution in [0.25, 0.3) is 0 Å². The molecule has 1 N–H and O–H groups in total. The number of rotatable bonds is 6. The lowest BCUT2D eigenvalue weighted by Crippen LogP contribution is -2.23. The second-order valence-electron chi connectivity index (χ2n) is 5.46. The lowest BCUT2D eigenvalue weighted by Gasteiger charge is -2.17. The molecule has 0 fully saturated rings. The molecule has 0 radical (unpaired) electrons. The molecule has 2 heteroatoms. The maximum Gasteiger partial charge on any atom is 0.122 e. The number of hydrogen-bond acceptors (Lipinski definition) is 2. The predicted molar refractivity (Wildman–Crippen MR) is 76.3 cm³/mol. The van der Waals surface area contributed by atoms with Crippen LogP contribution in [-0.4, -0.2) is 19.2 Å². The van der Waals surface area contributed by atoms with Crippen molar-refractivity contribution in [1.82, 2.24) is 5.32 Å². The summed E-state index contributed by atoms with van der Waals surface area (Å²) in [7, 11) is 0. The van der Waals surface area contributed by atoms with Gasteiger partial charge in [-0.1, -0.05) is 26.0 Å². The van der Waals surface area contributed by atoms with Crippen molar-refractivity contribution in [3.8, 4) is 5.75 Å². The van der Waals surface area contributed by atoms with E-state index >= 15 is 0 Å². The van der Waals surface area contributed by atoms with Crippen LogP contribution in [-0.2, 0) is 12.8 Å². The Balaban J connectivity index is 1.76. The van der Waals surface area contributed by atoms with Crippen LogP contribution in [0.4, 0.5) is 0 Å². The van der Waals surface area contributed by atoms with Crippen LogP contribution in [0.1, 0.15) is 44.2 Å². The second kappa shape index (κ2) is 6.79. The van der Waals surface area contributed by atoms with Crippen molar-refractivity contribution >= 4 is 0 Å². The van der Waals surface area contributed by atoms with Crippen LogP contribution < -0.4 is 10.1 Å². The molecule has 0 aromatic heterocycles. The lowest BCUT2D eigenvalue weighted by atomic mass is 10.0. The highest BCUT2D eigenvalue weighted by atomic mass is 16.5. The first kappa shape index (κ1) is 13.4. The van der Waals surface area contributed by atoms with Gasteiger partial charge in [-0.2, -0.15) is 0 Å². The van der Waals surface area contributed by atoms with Crippen LogP contribution in [0, 0.1) is 0 Å². The third-order valence-electron chi connectivity index (χ3n) is 3.42. The van der Waals surface area contributed by atoms with Crippen LogP contribution in [0.3, 0.4) is 0 Å². The molecule has 100 valence electrons. The van der Waals surface area contributed by atoms with E-state index in [0.717, 1.165) is 25.3 Å². The van der Waals surface area contributed by atoms with Crippen molar-refractivity contribution in [1.29, 1.82) is 0 Å². The molecule has 1 aliphatic heterocycles. The highest BCUT2D eigenvalue weighted by Crippen LogP contribution is 2.26. The predicted octanol–water partition coefficient (Wildman–Crippen LogP) is 3.33. The SMILES string of the molecule is CC(C)NCCCCc1ccc2c(c1)CCCO2. The van der Waals surface area contributed by atoms with Crippen molar-refractivity contribution in [3.05, 3.63) is 29.3 Å². The fourth-order valence-corrected chi connectivity index (χ4v) is 2.41. The first-order chi connectivity index (χ1) is 8.75. The molecule has 0 spiro atoms. The number of hydrogen-bond donors (Lipinski definition) is 1. The molecule has 1 aliphatic rings. The van der Waals surface area contributed by atoms with E-state index in [1.807, 2.05) is 0 Å². The van der Waals surface area contributed by atoms with E-state index in [-0.39, 0.29) is 0 Å². The van der Waals surface area contributed by atoms with Crippen molar-refractivity contribution in [3.63, 3.8) is 0 Å². The molecule has 0 saturated carbocycles. The lowest BCUT2D eigenvalue weighted by molar-refractivity contribution is 0.288. The standard InChI is InChI=1S/C16H25NO/c1-13(2)17-10-4-3-6-14-8-9-16-15(12-14)7-5-11-18-16/h8-9,12-13,17H,3-7,10-11H2,1-2H3. The molecule has 0 saturated heterocycles. The summed E-state index contributed by atoms with van der Waals surface area (Å²) in [6.45, 7) is 6.41. The number of unbranched alkanes of at least 4 members (excludes halogenated alkanes) is 1. The Morgan fingerprint density at radius 3 is 3.00 bits per heavy atom. The molecule has 1 aromatic carbocycles. The summed E-state index contributed by atoms with van der Waals surface area (Å²) < 4.78 is 5.64. The van der Waals surface area contributed by atoms with Gasteiger partial charge in [0.15, 0.2) is 0 Å². The highest BCUT2D eigenvalue weighted by Gasteiger charge is 2.10. The maximum atomic E-state index is 5.64. The molecular weight excluding hydrogens is 222 g/mol. The van der Waals surface area contributed by atoms with Gasteiger partial charge >= 0.3 is 0 Å². The molecule has 2 rings (SSSR count). The molecule has 0 aliphatic carbocycles. The molecule has 1 aromatic rings.